The van der Waals surface area contributed by atoms with Crippen LogP contribution in [0.25, 0.3) is 0 Å². The molecule has 2 atom stereocenters. The van der Waals surface area contributed by atoms with Crippen LogP contribution in [0.15, 0.2) is 42.7 Å². The van der Waals surface area contributed by atoms with Crippen LogP contribution in [0.3, 0.4) is 0 Å². The molecular formula is C20H21F2N3O2. The molecule has 0 radical (unpaired) electrons. The molecule has 3 heterocycles. The molecule has 0 aliphatic carbocycles. The Morgan fingerprint density at radius 2 is 2.04 bits per heavy atom. The van der Waals surface area contributed by atoms with Gasteiger partial charge in [0, 0.05) is 44.4 Å². The molecule has 2 saturated heterocycles. The van der Waals surface area contributed by atoms with E-state index >= 15 is 0 Å². The minimum atomic E-state index is -0.879. The number of rotatable bonds is 3. The van der Waals surface area contributed by atoms with Gasteiger partial charge in [-0.3, -0.25) is 14.7 Å². The second-order valence-electron chi connectivity index (χ2n) is 7.26. The Morgan fingerprint density at radius 1 is 1.22 bits per heavy atom. The number of nitrogens with one attached hydrogen (secondary N) is 1. The summed E-state index contributed by atoms with van der Waals surface area (Å²) in [6.45, 7) is 2.57. The highest BCUT2D eigenvalue weighted by molar-refractivity contribution is 5.77. The van der Waals surface area contributed by atoms with Gasteiger partial charge in [0.05, 0.1) is 18.8 Å². The van der Waals surface area contributed by atoms with Crippen molar-refractivity contribution in [2.45, 2.75) is 24.4 Å². The molecule has 2 aliphatic rings. The van der Waals surface area contributed by atoms with E-state index in [0.717, 1.165) is 11.6 Å². The summed E-state index contributed by atoms with van der Waals surface area (Å²) in [4.78, 5) is 18.5. The number of likely N-dealkylation sites (tertiary alicyclic amines) is 1. The molecule has 1 aromatic carbocycles. The number of pyridine rings is 1. The van der Waals surface area contributed by atoms with Gasteiger partial charge in [-0.15, -0.1) is 0 Å². The smallest absolute Gasteiger partial charge is 0.222 e. The Labute approximate surface area is 156 Å². The molecule has 5 nitrogen and oxygen atoms in total. The minimum absolute atomic E-state index is 0.0779. The highest BCUT2D eigenvalue weighted by Gasteiger charge is 2.49. The summed E-state index contributed by atoms with van der Waals surface area (Å²) in [6.07, 6.45) is 3.78. The van der Waals surface area contributed by atoms with E-state index in [9.17, 15) is 13.6 Å². The number of halogens is 2. The maximum atomic E-state index is 13.9. The Kier molecular flexibility index (Phi) is 4.88. The number of aromatic nitrogens is 1. The largest absolute Gasteiger partial charge is 0.378 e. The molecule has 2 fully saturated rings. The normalized spacial score (nSPS) is 26.1. The first-order valence-corrected chi connectivity index (χ1v) is 9.01. The zero-order valence-corrected chi connectivity index (χ0v) is 14.8. The first-order valence-electron chi connectivity index (χ1n) is 9.01. The van der Waals surface area contributed by atoms with E-state index in [2.05, 4.69) is 15.2 Å². The zero-order chi connectivity index (χ0) is 18.9. The first-order chi connectivity index (χ1) is 13.1. The summed E-state index contributed by atoms with van der Waals surface area (Å²) in [5.41, 5.74) is 1.11. The number of carbonyl (C=O) groups is 1. The van der Waals surface area contributed by atoms with E-state index in [1.807, 2.05) is 12.1 Å². The van der Waals surface area contributed by atoms with Crippen molar-refractivity contribution in [3.05, 3.63) is 65.5 Å². The molecule has 142 valence electrons. The van der Waals surface area contributed by atoms with Crippen LogP contribution in [0.5, 0.6) is 0 Å². The highest BCUT2D eigenvalue weighted by Crippen LogP contribution is 2.38. The third-order valence-corrected chi connectivity index (χ3v) is 5.34. The van der Waals surface area contributed by atoms with Gasteiger partial charge in [-0.05, 0) is 35.4 Å². The predicted octanol–water partition coefficient (Wildman–Crippen LogP) is 2.23. The van der Waals surface area contributed by atoms with Crippen molar-refractivity contribution in [3.63, 3.8) is 0 Å². The first kappa shape index (κ1) is 18.0. The minimum Gasteiger partial charge on any atom is -0.378 e. The Hall–Kier alpha value is -2.38. The van der Waals surface area contributed by atoms with Gasteiger partial charge in [0.1, 0.15) is 0 Å². The average Bonchev–Trinajstić information content (AvgIpc) is 2.87. The summed E-state index contributed by atoms with van der Waals surface area (Å²) in [7, 11) is 0. The van der Waals surface area contributed by atoms with Gasteiger partial charge < -0.3 is 10.1 Å². The van der Waals surface area contributed by atoms with Crippen molar-refractivity contribution < 1.29 is 18.3 Å². The van der Waals surface area contributed by atoms with Gasteiger partial charge in [-0.25, -0.2) is 8.78 Å². The average molecular weight is 373 g/mol. The van der Waals surface area contributed by atoms with Crippen LogP contribution in [0, 0.1) is 11.6 Å². The molecule has 1 N–H and O–H groups in total. The number of amides is 1. The van der Waals surface area contributed by atoms with Gasteiger partial charge in [-0.1, -0.05) is 6.07 Å². The van der Waals surface area contributed by atoms with Crippen LogP contribution in [-0.4, -0.2) is 47.6 Å². The molecule has 0 saturated carbocycles. The highest BCUT2D eigenvalue weighted by atomic mass is 19.2. The van der Waals surface area contributed by atoms with Gasteiger partial charge in [-0.2, -0.15) is 0 Å². The topological polar surface area (TPSA) is 54.5 Å². The fourth-order valence-electron chi connectivity index (χ4n) is 4.10. The lowest BCUT2D eigenvalue weighted by Crippen LogP contribution is -2.55. The molecule has 0 unspecified atom stereocenters. The maximum absolute atomic E-state index is 13.9. The van der Waals surface area contributed by atoms with Gasteiger partial charge >= 0.3 is 0 Å². The van der Waals surface area contributed by atoms with Crippen molar-refractivity contribution >= 4 is 5.91 Å². The second kappa shape index (κ2) is 7.32. The summed E-state index contributed by atoms with van der Waals surface area (Å²) >= 11 is 0. The fourth-order valence-corrected chi connectivity index (χ4v) is 4.10. The van der Waals surface area contributed by atoms with E-state index in [1.165, 1.54) is 6.07 Å². The quantitative estimate of drug-likeness (QED) is 0.897. The Bertz CT molecular complexity index is 833. The predicted molar refractivity (Wildman–Crippen MR) is 94.9 cm³/mol. The van der Waals surface area contributed by atoms with Crippen molar-refractivity contribution in [2.75, 3.05) is 26.3 Å². The van der Waals surface area contributed by atoms with E-state index < -0.39 is 17.2 Å². The molecule has 4 rings (SSSR count). The molecular weight excluding hydrogens is 352 g/mol. The van der Waals surface area contributed by atoms with Crippen LogP contribution in [0.1, 0.15) is 23.5 Å². The summed E-state index contributed by atoms with van der Waals surface area (Å²) in [5, 5.41) is 3.12. The zero-order valence-electron chi connectivity index (χ0n) is 14.8. The summed E-state index contributed by atoms with van der Waals surface area (Å²) in [5.74, 6) is -2.03. The molecule has 1 amide bonds. The van der Waals surface area contributed by atoms with E-state index in [1.54, 1.807) is 18.5 Å². The van der Waals surface area contributed by atoms with Gasteiger partial charge in [0.2, 0.25) is 5.91 Å². The lowest BCUT2D eigenvalue weighted by atomic mass is 9.82. The lowest BCUT2D eigenvalue weighted by Gasteiger charge is -2.34. The number of hydrogen-bond donors (Lipinski definition) is 1. The lowest BCUT2D eigenvalue weighted by molar-refractivity contribution is -0.122. The number of benzene rings is 1. The Morgan fingerprint density at radius 3 is 2.81 bits per heavy atom. The number of hydrogen-bond acceptors (Lipinski definition) is 4. The number of carbonyl (C=O) groups excluding carboxylic acids is 1. The second-order valence-corrected chi connectivity index (χ2v) is 7.26. The van der Waals surface area contributed by atoms with Gasteiger partial charge in [0.25, 0.3) is 0 Å². The van der Waals surface area contributed by atoms with Crippen LogP contribution < -0.4 is 5.32 Å². The SMILES string of the molecule is O=C1CCOC[C@]2(CN(Cc3ccncc3)C[C@H]2c2ccc(F)c(F)c2)N1. The standard InChI is InChI=1S/C20H21F2N3O2/c21-17-2-1-15(9-18(17)22)16-11-25(10-14-3-6-23-7-4-14)12-20(16)13-27-8-5-19(26)24-20/h1-4,6-7,9,16H,5,8,10-13H2,(H,24,26)/t16-,20-/m0/s1. The monoisotopic (exact) mass is 373 g/mol. The van der Waals surface area contributed by atoms with Crippen molar-refractivity contribution in [1.29, 1.82) is 0 Å². The van der Waals surface area contributed by atoms with Crippen LogP contribution >= 0.6 is 0 Å². The van der Waals surface area contributed by atoms with E-state index in [4.69, 9.17) is 4.74 Å². The van der Waals surface area contributed by atoms with Crippen LogP contribution in [0.2, 0.25) is 0 Å². The molecule has 2 aliphatic heterocycles. The summed E-state index contributed by atoms with van der Waals surface area (Å²) < 4.78 is 33.0. The third kappa shape index (κ3) is 3.70. The van der Waals surface area contributed by atoms with Crippen LogP contribution in [-0.2, 0) is 16.1 Å². The van der Waals surface area contributed by atoms with Crippen molar-refractivity contribution in [3.8, 4) is 0 Å². The third-order valence-electron chi connectivity index (χ3n) is 5.34. The molecule has 1 spiro atoms. The molecule has 2 aromatic rings. The van der Waals surface area contributed by atoms with Crippen LogP contribution in [0.4, 0.5) is 8.78 Å². The molecule has 27 heavy (non-hydrogen) atoms. The fraction of sp³-hybridized carbons (Fsp3) is 0.400. The number of ether oxygens (including phenoxy) is 1. The van der Waals surface area contributed by atoms with Crippen molar-refractivity contribution in [2.24, 2.45) is 0 Å². The number of nitrogens with zero attached hydrogens (tertiary/aromatic N) is 2. The molecule has 1 aromatic heterocycles. The maximum Gasteiger partial charge on any atom is 0.222 e. The molecule has 7 heteroatoms. The Balaban J connectivity index is 1.66. The summed E-state index contributed by atoms with van der Waals surface area (Å²) in [6, 6.07) is 7.86. The van der Waals surface area contributed by atoms with Crippen molar-refractivity contribution in [1.82, 2.24) is 15.2 Å². The molecule has 0 bridgehead atoms. The van der Waals surface area contributed by atoms with Gasteiger partial charge in [0.15, 0.2) is 11.6 Å². The van der Waals surface area contributed by atoms with E-state index in [-0.39, 0.29) is 11.8 Å². The van der Waals surface area contributed by atoms with E-state index in [0.29, 0.717) is 44.8 Å².